The Labute approximate surface area is 221 Å². The van der Waals surface area contributed by atoms with Gasteiger partial charge in [0.05, 0.1) is 28.7 Å². The first kappa shape index (κ1) is 25.4. The number of aromatic nitrogens is 2. The molecule has 0 aliphatic carbocycles. The molecule has 0 bridgehead atoms. The van der Waals surface area contributed by atoms with Crippen molar-refractivity contribution >= 4 is 33.1 Å². The van der Waals surface area contributed by atoms with Gasteiger partial charge in [0.25, 0.3) is 0 Å². The van der Waals surface area contributed by atoms with E-state index in [4.69, 9.17) is 21.3 Å². The highest BCUT2D eigenvalue weighted by atomic mass is 35.5. The molecule has 0 saturated carbocycles. The Morgan fingerprint density at radius 3 is 2.65 bits per heavy atom. The van der Waals surface area contributed by atoms with E-state index in [1.165, 1.54) is 12.1 Å². The number of hydrogen-bond donors (Lipinski definition) is 2. The molecular weight excluding hydrogens is 513 g/mol. The third-order valence-corrected chi connectivity index (χ3v) is 8.36. The highest BCUT2D eigenvalue weighted by Crippen LogP contribution is 2.37. The van der Waals surface area contributed by atoms with Crippen LogP contribution >= 0.6 is 22.1 Å². The fourth-order valence-corrected chi connectivity index (χ4v) is 6.34. The first-order chi connectivity index (χ1) is 18.0. The summed E-state index contributed by atoms with van der Waals surface area (Å²) in [6.45, 7) is 0.454. The molecule has 0 radical (unpaired) electrons. The van der Waals surface area contributed by atoms with Gasteiger partial charge >= 0.3 is 0 Å². The zero-order valence-electron chi connectivity index (χ0n) is 19.8. The fraction of sp³-hybridized carbons (Fsp3) is 0.179. The molecule has 9 heteroatoms. The minimum atomic E-state index is -0.887. The number of fused-ring (bicyclic) bond motifs is 1. The molecule has 6 nitrogen and oxygen atoms in total. The first-order valence-electron chi connectivity index (χ1n) is 11.7. The number of rotatable bonds is 8. The van der Waals surface area contributed by atoms with Crippen molar-refractivity contribution in [2.45, 2.75) is 30.0 Å². The molecule has 2 N–H and O–H groups in total. The van der Waals surface area contributed by atoms with Crippen molar-refractivity contribution in [3.8, 4) is 5.75 Å². The molecule has 0 fully saturated rings. The van der Waals surface area contributed by atoms with Crippen LogP contribution in [0.25, 0.3) is 0 Å². The van der Waals surface area contributed by atoms with E-state index in [-0.39, 0.29) is 19.0 Å². The molecule has 0 spiro atoms. The number of hydrogen-bond acceptors (Lipinski definition) is 5. The van der Waals surface area contributed by atoms with E-state index in [0.29, 0.717) is 40.5 Å². The van der Waals surface area contributed by atoms with Crippen molar-refractivity contribution in [2.75, 3.05) is 6.61 Å². The Morgan fingerprint density at radius 2 is 1.89 bits per heavy atom. The van der Waals surface area contributed by atoms with Crippen LogP contribution in [0.3, 0.4) is 0 Å². The van der Waals surface area contributed by atoms with Gasteiger partial charge < -0.3 is 19.5 Å². The summed E-state index contributed by atoms with van der Waals surface area (Å²) in [6, 6.07) is 21.4. The van der Waals surface area contributed by atoms with E-state index in [1.807, 2.05) is 40.3 Å². The van der Waals surface area contributed by atoms with Crippen LogP contribution in [0.4, 0.5) is 10.1 Å². The standard InChI is InChI=1S/C28H25ClFN3O3S/c29-24-14-22(9-10-25(24)36-17-20-7-4-8-21(30)13-20)32-27-23-11-12-37(26(35)16-34)28(23)33(18-31-27)15-19-5-2-1-3-6-19/h1-10,12-14,18,26,34-35H,11,15-17H2. The van der Waals surface area contributed by atoms with E-state index < -0.39 is 15.9 Å². The van der Waals surface area contributed by atoms with Gasteiger partial charge in [0.15, 0.2) is 5.49 Å². The monoisotopic (exact) mass is 537 g/mol. The second-order valence-electron chi connectivity index (χ2n) is 8.49. The zero-order valence-corrected chi connectivity index (χ0v) is 21.4. The van der Waals surface area contributed by atoms with Gasteiger partial charge in [-0.15, -0.1) is 10.5 Å². The molecule has 1 aliphatic heterocycles. The third-order valence-electron chi connectivity index (χ3n) is 5.88. The Morgan fingerprint density at radius 1 is 1.08 bits per heavy atom. The molecule has 0 saturated heterocycles. The van der Waals surface area contributed by atoms with Gasteiger partial charge in [-0.1, -0.05) is 54.1 Å². The van der Waals surface area contributed by atoms with Crippen molar-refractivity contribution in [2.24, 2.45) is 4.99 Å². The first-order valence-corrected chi connectivity index (χ1v) is 13.4. The zero-order chi connectivity index (χ0) is 25.8. The van der Waals surface area contributed by atoms with E-state index in [0.717, 1.165) is 16.2 Å². The van der Waals surface area contributed by atoms with Gasteiger partial charge in [-0.3, -0.25) is 0 Å². The summed E-state index contributed by atoms with van der Waals surface area (Å²) in [7, 11) is -0.660. The molecule has 2 atom stereocenters. The normalized spacial score (nSPS) is 15.8. The molecule has 0 amide bonds. The summed E-state index contributed by atoms with van der Waals surface area (Å²) in [5.41, 5.74) is 2.98. The predicted molar refractivity (Wildman–Crippen MR) is 144 cm³/mol. The van der Waals surface area contributed by atoms with Gasteiger partial charge in [0.1, 0.15) is 23.6 Å². The van der Waals surface area contributed by atoms with E-state index in [9.17, 15) is 14.6 Å². The molecule has 37 heavy (non-hydrogen) atoms. The molecule has 190 valence electrons. The highest BCUT2D eigenvalue weighted by molar-refractivity contribution is 8.15. The quantitative estimate of drug-likeness (QED) is 0.249. The molecule has 3 aromatic carbocycles. The van der Waals surface area contributed by atoms with Gasteiger partial charge in [-0.25, -0.2) is 14.4 Å². The minimum absolute atomic E-state index is 0.189. The number of aliphatic hydroxyl groups is 2. The van der Waals surface area contributed by atoms with Crippen LogP contribution in [0, 0.1) is 5.82 Å². The summed E-state index contributed by atoms with van der Waals surface area (Å²) in [5, 5.41) is 23.5. The lowest BCUT2D eigenvalue weighted by Crippen LogP contribution is -2.21. The third kappa shape index (κ3) is 5.83. The number of halogens is 2. The summed E-state index contributed by atoms with van der Waals surface area (Å²) < 4.78 is 21.2. The van der Waals surface area contributed by atoms with Crippen LogP contribution in [-0.2, 0) is 19.6 Å². The number of nitrogens with zero attached hydrogens (tertiary/aromatic N) is 3. The van der Waals surface area contributed by atoms with Crippen LogP contribution in [0.5, 0.6) is 5.75 Å². The maximum Gasteiger partial charge on any atom is 0.160 e. The van der Waals surface area contributed by atoms with Crippen molar-refractivity contribution in [1.82, 2.24) is 9.55 Å². The van der Waals surface area contributed by atoms with Crippen LogP contribution in [-0.4, -0.2) is 37.2 Å². The lowest BCUT2D eigenvalue weighted by atomic mass is 10.2. The Hall–Kier alpha value is -3.30. The van der Waals surface area contributed by atoms with Crippen molar-refractivity contribution in [3.05, 3.63) is 112 Å². The van der Waals surface area contributed by atoms with Crippen molar-refractivity contribution in [3.63, 3.8) is 0 Å². The predicted octanol–water partition coefficient (Wildman–Crippen LogP) is 4.83. The second-order valence-corrected chi connectivity index (χ2v) is 10.9. The van der Waals surface area contributed by atoms with E-state index in [1.54, 1.807) is 36.7 Å². The van der Waals surface area contributed by atoms with Crippen LogP contribution < -0.4 is 10.2 Å². The van der Waals surface area contributed by atoms with Crippen LogP contribution in [0.1, 0.15) is 16.7 Å². The van der Waals surface area contributed by atoms with E-state index >= 15 is 0 Å². The SMILES string of the molecule is OCC(O)S1=CCc2c1n(Cc1ccccc1)cnc2=Nc1ccc(OCc2cccc(F)c2)c(Cl)c1. The molecule has 4 aromatic rings. The summed E-state index contributed by atoms with van der Waals surface area (Å²) in [5.74, 6) is 0.152. The van der Waals surface area contributed by atoms with Gasteiger partial charge in [-0.2, -0.15) is 0 Å². The highest BCUT2D eigenvalue weighted by Gasteiger charge is 2.24. The number of ether oxygens (including phenoxy) is 1. The molecule has 1 aliphatic rings. The lowest BCUT2D eigenvalue weighted by Gasteiger charge is -2.19. The van der Waals surface area contributed by atoms with Crippen molar-refractivity contribution < 1.29 is 19.3 Å². The Balaban J connectivity index is 1.45. The average molecular weight is 538 g/mol. The molecule has 2 unspecified atom stereocenters. The number of aliphatic hydroxyl groups excluding tert-OH is 2. The smallest absolute Gasteiger partial charge is 0.160 e. The lowest BCUT2D eigenvalue weighted by molar-refractivity contribution is 0.160. The summed E-state index contributed by atoms with van der Waals surface area (Å²) in [6.07, 6.45) is 2.31. The second kappa shape index (κ2) is 11.4. The minimum Gasteiger partial charge on any atom is -0.487 e. The van der Waals surface area contributed by atoms with Crippen molar-refractivity contribution in [1.29, 1.82) is 0 Å². The van der Waals surface area contributed by atoms with Gasteiger partial charge in [0, 0.05) is 18.5 Å². The maximum atomic E-state index is 13.4. The van der Waals surface area contributed by atoms with E-state index in [2.05, 4.69) is 4.98 Å². The number of benzene rings is 3. The maximum absolute atomic E-state index is 13.4. The van der Waals surface area contributed by atoms with Gasteiger partial charge in [0.2, 0.25) is 0 Å². The topological polar surface area (TPSA) is 79.9 Å². The molecule has 2 heterocycles. The largest absolute Gasteiger partial charge is 0.487 e. The molecule has 5 rings (SSSR count). The van der Waals surface area contributed by atoms with Gasteiger partial charge in [-0.05, 0) is 46.8 Å². The van der Waals surface area contributed by atoms with Crippen LogP contribution in [0.2, 0.25) is 5.02 Å². The molecule has 1 aromatic heterocycles. The molecular formula is C28H25ClFN3O3S. The average Bonchev–Trinajstić information content (AvgIpc) is 3.36. The Kier molecular flexibility index (Phi) is 7.81. The Bertz CT molecular complexity index is 1530. The fourth-order valence-electron chi connectivity index (χ4n) is 4.13. The van der Waals surface area contributed by atoms with Crippen LogP contribution in [0.15, 0.2) is 89.1 Å². The summed E-state index contributed by atoms with van der Waals surface area (Å²) in [4.78, 5) is 9.36. The summed E-state index contributed by atoms with van der Waals surface area (Å²) >= 11 is 6.46.